The second-order valence-corrected chi connectivity index (χ2v) is 6.53. The Morgan fingerprint density at radius 3 is 2.50 bits per heavy atom. The zero-order chi connectivity index (χ0) is 20.8. The Kier molecular flexibility index (Phi) is 7.31. The van der Waals surface area contributed by atoms with Gasteiger partial charge in [0.25, 0.3) is 0 Å². The largest absolute Gasteiger partial charge is 0.495 e. The summed E-state index contributed by atoms with van der Waals surface area (Å²) in [6.07, 6.45) is 0. The van der Waals surface area contributed by atoms with Gasteiger partial charge >= 0.3 is 0 Å². The Hall–Kier alpha value is -2.71. The van der Waals surface area contributed by atoms with Gasteiger partial charge < -0.3 is 15.4 Å². The average molecular weight is 412 g/mol. The van der Waals surface area contributed by atoms with E-state index in [1.54, 1.807) is 32.2 Å². The Labute approximate surface area is 166 Å². The van der Waals surface area contributed by atoms with Crippen molar-refractivity contribution >= 4 is 34.8 Å². The third-order valence-corrected chi connectivity index (χ3v) is 4.29. The van der Waals surface area contributed by atoms with E-state index in [0.717, 1.165) is 12.1 Å². The predicted molar refractivity (Wildman–Crippen MR) is 104 cm³/mol. The van der Waals surface area contributed by atoms with Crippen LogP contribution in [0.3, 0.4) is 0 Å². The number of nitrogens with zero attached hydrogens (tertiary/aromatic N) is 1. The molecule has 2 N–H and O–H groups in total. The first-order valence-corrected chi connectivity index (χ1v) is 8.68. The first-order valence-electron chi connectivity index (χ1n) is 8.30. The Morgan fingerprint density at radius 1 is 1.14 bits per heavy atom. The Morgan fingerprint density at radius 2 is 1.86 bits per heavy atom. The van der Waals surface area contributed by atoms with Gasteiger partial charge in [-0.15, -0.1) is 0 Å². The Balaban J connectivity index is 1.97. The van der Waals surface area contributed by atoms with Crippen LogP contribution in [-0.2, 0) is 9.59 Å². The molecule has 1 atom stereocenters. The highest BCUT2D eigenvalue weighted by atomic mass is 35.5. The van der Waals surface area contributed by atoms with Crippen LogP contribution in [0.5, 0.6) is 5.75 Å². The lowest BCUT2D eigenvalue weighted by atomic mass is 10.2. The lowest BCUT2D eigenvalue weighted by molar-refractivity contribution is -0.122. The molecule has 2 aromatic carbocycles. The fourth-order valence-corrected chi connectivity index (χ4v) is 2.53. The molecular weight excluding hydrogens is 392 g/mol. The number of ether oxygens (including phenoxy) is 1. The van der Waals surface area contributed by atoms with Gasteiger partial charge in [-0.25, -0.2) is 8.78 Å². The van der Waals surface area contributed by atoms with Gasteiger partial charge in [0.05, 0.1) is 31.1 Å². The maximum Gasteiger partial charge on any atom is 0.241 e. The van der Waals surface area contributed by atoms with Gasteiger partial charge in [-0.2, -0.15) is 0 Å². The molecule has 0 saturated heterocycles. The number of amides is 2. The van der Waals surface area contributed by atoms with Gasteiger partial charge in [0, 0.05) is 11.1 Å². The number of anilines is 2. The maximum atomic E-state index is 13.7. The van der Waals surface area contributed by atoms with Gasteiger partial charge in [-0.1, -0.05) is 11.6 Å². The number of carbonyl (C=O) groups is 2. The standard InChI is InChI=1S/C19H20ClF2N3O3/c1-11(19(27)24-15-6-5-13(21)9-14(15)22)25(2)10-18(26)23-16-8-12(20)4-7-17(16)28-3/h4-9,11H,10H2,1-3H3,(H,23,26)(H,24,27). The van der Waals surface area contributed by atoms with Crippen molar-refractivity contribution in [2.45, 2.75) is 13.0 Å². The molecule has 2 rings (SSSR count). The minimum absolute atomic E-state index is 0.115. The second-order valence-electron chi connectivity index (χ2n) is 6.10. The molecule has 2 amide bonds. The molecular formula is C19H20ClF2N3O3. The third kappa shape index (κ3) is 5.64. The van der Waals surface area contributed by atoms with E-state index in [-0.39, 0.29) is 12.2 Å². The van der Waals surface area contributed by atoms with E-state index >= 15 is 0 Å². The van der Waals surface area contributed by atoms with Crippen LogP contribution in [0.2, 0.25) is 5.02 Å². The van der Waals surface area contributed by atoms with Gasteiger partial charge in [-0.3, -0.25) is 14.5 Å². The number of rotatable bonds is 7. The van der Waals surface area contributed by atoms with Crippen molar-refractivity contribution in [3.05, 3.63) is 53.1 Å². The van der Waals surface area contributed by atoms with E-state index in [1.807, 2.05) is 0 Å². The van der Waals surface area contributed by atoms with Crippen LogP contribution in [-0.4, -0.2) is 43.5 Å². The third-order valence-electron chi connectivity index (χ3n) is 4.06. The molecule has 0 saturated carbocycles. The molecule has 0 aromatic heterocycles. The second kappa shape index (κ2) is 9.48. The summed E-state index contributed by atoms with van der Waals surface area (Å²) >= 11 is 5.93. The lowest BCUT2D eigenvalue weighted by Crippen LogP contribution is -2.43. The Bertz CT molecular complexity index is 879. The zero-order valence-electron chi connectivity index (χ0n) is 15.6. The molecule has 0 radical (unpaired) electrons. The first kappa shape index (κ1) is 21.6. The topological polar surface area (TPSA) is 70.7 Å². The van der Waals surface area contributed by atoms with Crippen LogP contribution in [0.4, 0.5) is 20.2 Å². The molecule has 0 bridgehead atoms. The molecule has 0 aliphatic heterocycles. The summed E-state index contributed by atoms with van der Waals surface area (Å²) in [6.45, 7) is 1.44. The van der Waals surface area contributed by atoms with Crippen molar-refractivity contribution in [2.24, 2.45) is 0 Å². The first-order chi connectivity index (χ1) is 13.2. The molecule has 0 heterocycles. The minimum atomic E-state index is -0.881. The lowest BCUT2D eigenvalue weighted by Gasteiger charge is -2.23. The molecule has 28 heavy (non-hydrogen) atoms. The fourth-order valence-electron chi connectivity index (χ4n) is 2.36. The van der Waals surface area contributed by atoms with Crippen LogP contribution >= 0.6 is 11.6 Å². The van der Waals surface area contributed by atoms with E-state index in [9.17, 15) is 18.4 Å². The molecule has 6 nitrogen and oxygen atoms in total. The van der Waals surface area contributed by atoms with Crippen molar-refractivity contribution in [1.82, 2.24) is 4.90 Å². The molecule has 150 valence electrons. The van der Waals surface area contributed by atoms with Crippen molar-refractivity contribution in [2.75, 3.05) is 31.3 Å². The highest BCUT2D eigenvalue weighted by Gasteiger charge is 2.21. The molecule has 2 aromatic rings. The van der Waals surface area contributed by atoms with Crippen molar-refractivity contribution in [1.29, 1.82) is 0 Å². The number of halogens is 3. The summed E-state index contributed by atoms with van der Waals surface area (Å²) < 4.78 is 31.8. The van der Waals surface area contributed by atoms with Gasteiger partial charge in [0.15, 0.2) is 0 Å². The van der Waals surface area contributed by atoms with Gasteiger partial charge in [0.2, 0.25) is 11.8 Å². The summed E-state index contributed by atoms with van der Waals surface area (Å²) in [6, 6.07) is 6.89. The van der Waals surface area contributed by atoms with E-state index < -0.39 is 29.5 Å². The predicted octanol–water partition coefficient (Wildman–Crippen LogP) is 3.52. The summed E-state index contributed by atoms with van der Waals surface area (Å²) in [4.78, 5) is 26.1. The van der Waals surface area contributed by atoms with Crippen LogP contribution in [0, 0.1) is 11.6 Å². The van der Waals surface area contributed by atoms with E-state index in [4.69, 9.17) is 16.3 Å². The number of nitrogens with one attached hydrogen (secondary N) is 2. The smallest absolute Gasteiger partial charge is 0.241 e. The van der Waals surface area contributed by atoms with Crippen molar-refractivity contribution < 1.29 is 23.1 Å². The fraction of sp³-hybridized carbons (Fsp3) is 0.263. The SMILES string of the molecule is COc1ccc(Cl)cc1NC(=O)CN(C)C(C)C(=O)Nc1ccc(F)cc1F. The summed E-state index contributed by atoms with van der Waals surface area (Å²) in [5, 5.41) is 5.47. The summed E-state index contributed by atoms with van der Waals surface area (Å²) in [5.74, 6) is -2.11. The van der Waals surface area contributed by atoms with Gasteiger partial charge in [0.1, 0.15) is 17.4 Å². The van der Waals surface area contributed by atoms with E-state index in [2.05, 4.69) is 10.6 Å². The monoisotopic (exact) mass is 411 g/mol. The number of benzene rings is 2. The summed E-state index contributed by atoms with van der Waals surface area (Å²) in [5.41, 5.74) is 0.263. The van der Waals surface area contributed by atoms with Crippen LogP contribution in [0.15, 0.2) is 36.4 Å². The van der Waals surface area contributed by atoms with Crippen LogP contribution < -0.4 is 15.4 Å². The molecule has 1 unspecified atom stereocenters. The molecule has 0 aliphatic rings. The van der Waals surface area contributed by atoms with Crippen LogP contribution in [0.1, 0.15) is 6.92 Å². The normalized spacial score (nSPS) is 11.8. The number of hydrogen-bond donors (Lipinski definition) is 2. The van der Waals surface area contributed by atoms with Crippen LogP contribution in [0.25, 0.3) is 0 Å². The average Bonchev–Trinajstić information content (AvgIpc) is 2.63. The van der Waals surface area contributed by atoms with Gasteiger partial charge in [-0.05, 0) is 44.3 Å². The highest BCUT2D eigenvalue weighted by Crippen LogP contribution is 2.27. The quantitative estimate of drug-likeness (QED) is 0.731. The minimum Gasteiger partial charge on any atom is -0.495 e. The molecule has 0 fully saturated rings. The zero-order valence-corrected chi connectivity index (χ0v) is 16.3. The maximum absolute atomic E-state index is 13.7. The summed E-state index contributed by atoms with van der Waals surface area (Å²) in [7, 11) is 3.03. The number of hydrogen-bond acceptors (Lipinski definition) is 4. The van der Waals surface area contributed by atoms with E-state index in [0.29, 0.717) is 22.5 Å². The molecule has 0 aliphatic carbocycles. The van der Waals surface area contributed by atoms with Crippen molar-refractivity contribution in [3.8, 4) is 5.75 Å². The molecule has 9 heteroatoms. The van der Waals surface area contributed by atoms with E-state index in [1.165, 1.54) is 12.0 Å². The van der Waals surface area contributed by atoms with Crippen molar-refractivity contribution in [3.63, 3.8) is 0 Å². The molecule has 0 spiro atoms. The number of carbonyl (C=O) groups excluding carboxylic acids is 2. The number of methoxy groups -OCH3 is 1. The highest BCUT2D eigenvalue weighted by molar-refractivity contribution is 6.31. The number of likely N-dealkylation sites (N-methyl/N-ethyl adjacent to an activating group) is 1.